The van der Waals surface area contributed by atoms with E-state index in [1.165, 1.54) is 18.2 Å². The first-order chi connectivity index (χ1) is 24.5. The minimum atomic E-state index is -0.527. The Morgan fingerprint density at radius 1 is 0.569 bits per heavy atom. The minimum Gasteiger partial charge on any atom is -0.492 e. The maximum atomic E-state index is 12.7. The monoisotopic (exact) mass is 769 g/mol. The van der Waals surface area contributed by atoms with E-state index in [4.69, 9.17) is 69.4 Å². The average Bonchev–Trinajstić information content (AvgIpc) is 3.13. The molecule has 13 nitrogen and oxygen atoms in total. The van der Waals surface area contributed by atoms with Crippen molar-refractivity contribution in [2.75, 3.05) is 39.5 Å². The Kier molecular flexibility index (Phi) is 20.2. The quantitative estimate of drug-likeness (QED) is 0.0586. The highest BCUT2D eigenvalue weighted by Crippen LogP contribution is 2.27. The van der Waals surface area contributed by atoms with Gasteiger partial charge < -0.3 is 18.9 Å². The maximum Gasteiger partial charge on any atom is 0.233 e. The van der Waals surface area contributed by atoms with Crippen molar-refractivity contribution in [2.24, 2.45) is 0 Å². The fourth-order valence-electron chi connectivity index (χ4n) is 3.52. The molecule has 4 aromatic rings. The molecule has 0 fully saturated rings. The highest BCUT2D eigenvalue weighted by Gasteiger charge is 2.06. The SMILES string of the molecule is O=CN(O)CCOc1cc(Cl)cc(Cl)c1.O=CN(O)CCOc1ccc(F)c(Cl)c1.O=CN(O)CCOc1ccccc1OCc1ccccc1. The average molecular weight is 771 g/mol. The van der Waals surface area contributed by atoms with Crippen LogP contribution in [0.25, 0.3) is 0 Å². The van der Waals surface area contributed by atoms with E-state index in [0.29, 0.717) is 67.7 Å². The minimum absolute atomic E-state index is 0.0263. The first-order valence-corrected chi connectivity index (χ1v) is 16.0. The lowest BCUT2D eigenvalue weighted by Crippen LogP contribution is -2.23. The second-order valence-corrected chi connectivity index (χ2v) is 11.0. The van der Waals surface area contributed by atoms with Crippen LogP contribution in [0.1, 0.15) is 5.56 Å². The van der Waals surface area contributed by atoms with Crippen LogP contribution >= 0.6 is 34.8 Å². The number of ether oxygens (including phenoxy) is 4. The van der Waals surface area contributed by atoms with Crippen LogP contribution in [0, 0.1) is 5.82 Å². The topological polar surface area (TPSA) is 159 Å². The third kappa shape index (κ3) is 18.1. The van der Waals surface area contributed by atoms with E-state index in [-0.39, 0.29) is 50.9 Å². The van der Waals surface area contributed by atoms with Crippen LogP contribution in [-0.4, -0.2) is 89.5 Å². The lowest BCUT2D eigenvalue weighted by Gasteiger charge is -2.14. The standard InChI is InChI=1S/C16H17NO4.C9H9Cl2NO3.C9H9ClFNO3/c18-13-17(19)10-11-20-15-8-4-5-9-16(15)21-12-14-6-2-1-3-7-14;10-7-3-8(11)5-9(4-7)15-2-1-12(14)6-13;10-8-5-7(1-2-9(8)11)15-4-3-12(14)6-13/h1-9,13,19H,10-12H2;3-6,14H,1-2H2;1-2,5-6,14H,3-4H2. The number of hydrogen-bond acceptors (Lipinski definition) is 10. The largest absolute Gasteiger partial charge is 0.492 e. The molecule has 0 unspecified atom stereocenters. The number of hydroxylamine groups is 6. The van der Waals surface area contributed by atoms with Gasteiger partial charge in [0.2, 0.25) is 19.2 Å². The number of hydrogen-bond donors (Lipinski definition) is 3. The van der Waals surface area contributed by atoms with Gasteiger partial charge in [-0.25, -0.2) is 19.6 Å². The highest BCUT2D eigenvalue weighted by molar-refractivity contribution is 6.34. The fourth-order valence-corrected chi connectivity index (χ4v) is 4.20. The molecule has 0 aliphatic rings. The smallest absolute Gasteiger partial charge is 0.233 e. The van der Waals surface area contributed by atoms with Gasteiger partial charge in [-0.05, 0) is 48.0 Å². The summed E-state index contributed by atoms with van der Waals surface area (Å²) in [6.07, 6.45) is 0.899. The molecule has 0 saturated heterocycles. The summed E-state index contributed by atoms with van der Waals surface area (Å²) in [7, 11) is 0. The molecule has 0 aliphatic heterocycles. The van der Waals surface area contributed by atoms with Gasteiger partial charge in [0, 0.05) is 16.1 Å². The number of benzene rings is 4. The normalized spacial score (nSPS) is 9.86. The van der Waals surface area contributed by atoms with Gasteiger partial charge in [0.1, 0.15) is 43.7 Å². The van der Waals surface area contributed by atoms with Crippen LogP contribution < -0.4 is 18.9 Å². The molecule has 0 bridgehead atoms. The number of para-hydroxylation sites is 2. The highest BCUT2D eigenvalue weighted by atomic mass is 35.5. The lowest BCUT2D eigenvalue weighted by molar-refractivity contribution is -0.151. The third-order valence-corrected chi connectivity index (χ3v) is 6.66. The molecule has 0 spiro atoms. The fraction of sp³-hybridized carbons (Fsp3) is 0.206. The van der Waals surface area contributed by atoms with E-state index in [1.54, 1.807) is 24.3 Å². The summed E-state index contributed by atoms with van der Waals surface area (Å²) in [5.41, 5.74) is 1.06. The van der Waals surface area contributed by atoms with Crippen LogP contribution in [0.15, 0.2) is 91.0 Å². The van der Waals surface area contributed by atoms with Crippen molar-refractivity contribution in [1.82, 2.24) is 15.2 Å². The Balaban J connectivity index is 0.000000272. The molecule has 4 aromatic carbocycles. The van der Waals surface area contributed by atoms with Crippen molar-refractivity contribution >= 4 is 54.0 Å². The van der Waals surface area contributed by atoms with Crippen molar-refractivity contribution < 1.29 is 53.3 Å². The van der Waals surface area contributed by atoms with Gasteiger partial charge in [0.25, 0.3) is 0 Å². The van der Waals surface area contributed by atoms with Crippen molar-refractivity contribution in [3.8, 4) is 23.0 Å². The predicted octanol–water partition coefficient (Wildman–Crippen LogP) is 6.42. The zero-order valence-electron chi connectivity index (χ0n) is 26.9. The summed E-state index contributed by atoms with van der Waals surface area (Å²) >= 11 is 17.0. The van der Waals surface area contributed by atoms with Crippen molar-refractivity contribution in [2.45, 2.75) is 6.61 Å². The van der Waals surface area contributed by atoms with Crippen molar-refractivity contribution in [3.63, 3.8) is 0 Å². The molecule has 0 aliphatic carbocycles. The Morgan fingerprint density at radius 2 is 1.04 bits per heavy atom. The number of carbonyl (C=O) groups is 3. The summed E-state index contributed by atoms with van der Waals surface area (Å²) in [4.78, 5) is 30.3. The summed E-state index contributed by atoms with van der Waals surface area (Å²) < 4.78 is 34.3. The Hall–Kier alpha value is -4.83. The van der Waals surface area contributed by atoms with Crippen LogP contribution in [-0.2, 0) is 21.0 Å². The van der Waals surface area contributed by atoms with Gasteiger partial charge in [0.15, 0.2) is 11.5 Å². The molecule has 0 atom stereocenters. The Labute approximate surface area is 308 Å². The summed E-state index contributed by atoms with van der Waals surface area (Å²) in [5.74, 6) is 1.54. The molecular formula is C34H35Cl3FN3O10. The molecule has 3 N–H and O–H groups in total. The van der Waals surface area contributed by atoms with E-state index >= 15 is 0 Å². The van der Waals surface area contributed by atoms with E-state index < -0.39 is 5.82 Å². The first kappa shape index (κ1) is 42.3. The summed E-state index contributed by atoms with van der Waals surface area (Å²) in [5, 5.41) is 28.9. The van der Waals surface area contributed by atoms with E-state index in [2.05, 4.69) is 0 Å². The van der Waals surface area contributed by atoms with Gasteiger partial charge in [-0.15, -0.1) is 0 Å². The van der Waals surface area contributed by atoms with Gasteiger partial charge >= 0.3 is 0 Å². The Bertz CT molecular complexity index is 1610. The van der Waals surface area contributed by atoms with Crippen LogP contribution in [0.5, 0.6) is 23.0 Å². The molecule has 51 heavy (non-hydrogen) atoms. The summed E-state index contributed by atoms with van der Waals surface area (Å²) in [6, 6.07) is 25.8. The van der Waals surface area contributed by atoms with Gasteiger partial charge in [0.05, 0.1) is 24.7 Å². The number of halogens is 4. The molecule has 0 aromatic heterocycles. The zero-order chi connectivity index (χ0) is 37.4. The van der Waals surface area contributed by atoms with Crippen LogP contribution in [0.2, 0.25) is 15.1 Å². The molecule has 0 heterocycles. The number of nitrogens with zero attached hydrogens (tertiary/aromatic N) is 3. The zero-order valence-corrected chi connectivity index (χ0v) is 29.2. The van der Waals surface area contributed by atoms with E-state index in [9.17, 15) is 18.8 Å². The molecule has 0 radical (unpaired) electrons. The van der Waals surface area contributed by atoms with Gasteiger partial charge in [-0.1, -0.05) is 77.3 Å². The van der Waals surface area contributed by atoms with Crippen LogP contribution in [0.4, 0.5) is 4.39 Å². The third-order valence-electron chi connectivity index (χ3n) is 5.93. The number of rotatable bonds is 18. The molecule has 17 heteroatoms. The molecule has 3 amide bonds. The van der Waals surface area contributed by atoms with E-state index in [0.717, 1.165) is 5.56 Å². The summed E-state index contributed by atoms with van der Waals surface area (Å²) in [6.45, 7) is 1.08. The first-order valence-electron chi connectivity index (χ1n) is 14.8. The second kappa shape index (κ2) is 24.3. The number of amides is 3. The van der Waals surface area contributed by atoms with Crippen molar-refractivity contribution in [1.29, 1.82) is 0 Å². The van der Waals surface area contributed by atoms with Crippen molar-refractivity contribution in [3.05, 3.63) is 117 Å². The van der Waals surface area contributed by atoms with Gasteiger partial charge in [-0.3, -0.25) is 30.0 Å². The predicted molar refractivity (Wildman–Crippen MR) is 185 cm³/mol. The Morgan fingerprint density at radius 3 is 1.55 bits per heavy atom. The second-order valence-electron chi connectivity index (χ2n) is 9.75. The molecule has 4 rings (SSSR count). The molecular weight excluding hydrogens is 736 g/mol. The van der Waals surface area contributed by atoms with E-state index in [1.807, 2.05) is 48.5 Å². The van der Waals surface area contributed by atoms with Gasteiger partial charge in [-0.2, -0.15) is 0 Å². The molecule has 274 valence electrons. The van der Waals surface area contributed by atoms with Crippen LogP contribution in [0.3, 0.4) is 0 Å². The molecule has 0 saturated carbocycles. The number of carbonyl (C=O) groups excluding carboxylic acids is 3. The maximum absolute atomic E-state index is 12.7. The lowest BCUT2D eigenvalue weighted by atomic mass is 10.2.